The van der Waals surface area contributed by atoms with Crippen LogP contribution in [0.3, 0.4) is 0 Å². The van der Waals surface area contributed by atoms with Crippen LogP contribution in [0.15, 0.2) is 6.07 Å². The summed E-state index contributed by atoms with van der Waals surface area (Å²) in [6, 6.07) is -0.957. The van der Waals surface area contributed by atoms with Crippen molar-refractivity contribution >= 4 is 0 Å². The first-order valence-electron chi connectivity index (χ1n) is 4.74. The Balaban J connectivity index is 3.44. The van der Waals surface area contributed by atoms with Crippen LogP contribution in [0.2, 0.25) is 0 Å². The molecule has 16 heavy (non-hydrogen) atoms. The number of rotatable bonds is 1. The first kappa shape index (κ1) is 13.0. The van der Waals surface area contributed by atoms with Gasteiger partial charge in [0.15, 0.2) is 23.3 Å². The quantitative estimate of drug-likeness (QED) is 0.586. The van der Waals surface area contributed by atoms with Crippen molar-refractivity contribution in [3.05, 3.63) is 34.9 Å². The van der Waals surface area contributed by atoms with Crippen molar-refractivity contribution in [1.29, 1.82) is 0 Å². The highest BCUT2D eigenvalue weighted by Gasteiger charge is 2.31. The van der Waals surface area contributed by atoms with Gasteiger partial charge in [-0.05, 0) is 5.41 Å². The fourth-order valence-electron chi connectivity index (χ4n) is 1.30. The van der Waals surface area contributed by atoms with E-state index in [0.29, 0.717) is 0 Å². The average molecular weight is 235 g/mol. The van der Waals surface area contributed by atoms with E-state index in [1.54, 1.807) is 20.8 Å². The summed E-state index contributed by atoms with van der Waals surface area (Å²) < 4.78 is 52.6. The Hall–Kier alpha value is -1.10. The lowest BCUT2D eigenvalue weighted by Gasteiger charge is -2.28. The van der Waals surface area contributed by atoms with E-state index in [9.17, 15) is 17.6 Å². The maximum absolute atomic E-state index is 13.4. The number of hydrogen-bond donors (Lipinski definition) is 1. The topological polar surface area (TPSA) is 26.0 Å². The third kappa shape index (κ3) is 2.19. The minimum absolute atomic E-state index is 0.170. The third-order valence-electron chi connectivity index (χ3n) is 2.39. The molecule has 0 amide bonds. The van der Waals surface area contributed by atoms with Gasteiger partial charge in [0.05, 0.1) is 0 Å². The van der Waals surface area contributed by atoms with Crippen LogP contribution in [0.4, 0.5) is 17.6 Å². The van der Waals surface area contributed by atoms with Gasteiger partial charge < -0.3 is 5.73 Å². The van der Waals surface area contributed by atoms with E-state index in [0.717, 1.165) is 0 Å². The monoisotopic (exact) mass is 235 g/mol. The summed E-state index contributed by atoms with van der Waals surface area (Å²) in [5.41, 5.74) is 4.15. The van der Waals surface area contributed by atoms with Crippen molar-refractivity contribution in [3.63, 3.8) is 0 Å². The van der Waals surface area contributed by atoms with Gasteiger partial charge in [-0.25, -0.2) is 17.6 Å². The predicted molar refractivity (Wildman–Crippen MR) is 52.7 cm³/mol. The van der Waals surface area contributed by atoms with Gasteiger partial charge in [-0.1, -0.05) is 20.8 Å². The minimum atomic E-state index is -1.44. The van der Waals surface area contributed by atoms with Crippen LogP contribution in [0, 0.1) is 28.7 Å². The molecule has 0 saturated heterocycles. The fourth-order valence-corrected chi connectivity index (χ4v) is 1.30. The SMILES string of the molecule is CC(C)(C)C(N)c1c(F)c(F)cc(F)c1F. The highest BCUT2D eigenvalue weighted by molar-refractivity contribution is 5.26. The van der Waals surface area contributed by atoms with Crippen molar-refractivity contribution in [2.45, 2.75) is 26.8 Å². The average Bonchev–Trinajstić information content (AvgIpc) is 2.13. The Morgan fingerprint density at radius 2 is 1.38 bits per heavy atom. The zero-order chi connectivity index (χ0) is 12.7. The molecule has 1 unspecified atom stereocenters. The maximum atomic E-state index is 13.4. The Labute approximate surface area is 91.3 Å². The Morgan fingerprint density at radius 1 is 1.00 bits per heavy atom. The van der Waals surface area contributed by atoms with Gasteiger partial charge >= 0.3 is 0 Å². The molecule has 2 N–H and O–H groups in total. The predicted octanol–water partition coefficient (Wildman–Crippen LogP) is 3.29. The van der Waals surface area contributed by atoms with Gasteiger partial charge in [0.2, 0.25) is 0 Å². The van der Waals surface area contributed by atoms with Crippen molar-refractivity contribution in [2.24, 2.45) is 11.1 Å². The molecule has 0 radical (unpaired) electrons. The normalized spacial score (nSPS) is 14.0. The van der Waals surface area contributed by atoms with Crippen LogP contribution in [0.25, 0.3) is 0 Å². The second-order valence-electron chi connectivity index (χ2n) is 4.73. The maximum Gasteiger partial charge on any atom is 0.166 e. The van der Waals surface area contributed by atoms with E-state index in [-0.39, 0.29) is 6.07 Å². The molecule has 1 aromatic rings. The van der Waals surface area contributed by atoms with E-state index >= 15 is 0 Å². The van der Waals surface area contributed by atoms with Crippen molar-refractivity contribution in [1.82, 2.24) is 0 Å². The molecule has 90 valence electrons. The van der Waals surface area contributed by atoms with E-state index in [1.165, 1.54) is 0 Å². The Morgan fingerprint density at radius 3 is 1.69 bits per heavy atom. The summed E-state index contributed by atoms with van der Waals surface area (Å²) in [6.07, 6.45) is 0. The second kappa shape index (κ2) is 4.05. The first-order chi connectivity index (χ1) is 7.16. The lowest BCUT2D eigenvalue weighted by Crippen LogP contribution is -2.29. The van der Waals surface area contributed by atoms with Crippen LogP contribution in [0.1, 0.15) is 32.4 Å². The highest BCUT2D eigenvalue weighted by Crippen LogP contribution is 2.34. The van der Waals surface area contributed by atoms with Gasteiger partial charge in [0, 0.05) is 17.7 Å². The molecule has 0 bridgehead atoms. The smallest absolute Gasteiger partial charge is 0.166 e. The summed E-state index contributed by atoms with van der Waals surface area (Å²) >= 11 is 0. The van der Waals surface area contributed by atoms with E-state index in [1.807, 2.05) is 0 Å². The number of halogens is 4. The minimum Gasteiger partial charge on any atom is -0.323 e. The summed E-state index contributed by atoms with van der Waals surface area (Å²) in [4.78, 5) is 0. The number of hydrogen-bond acceptors (Lipinski definition) is 1. The van der Waals surface area contributed by atoms with Crippen LogP contribution in [0.5, 0.6) is 0 Å². The third-order valence-corrected chi connectivity index (χ3v) is 2.39. The van der Waals surface area contributed by atoms with Crippen LogP contribution in [-0.2, 0) is 0 Å². The van der Waals surface area contributed by atoms with Crippen molar-refractivity contribution in [2.75, 3.05) is 0 Å². The first-order valence-corrected chi connectivity index (χ1v) is 4.74. The van der Waals surface area contributed by atoms with Gasteiger partial charge in [0.25, 0.3) is 0 Å². The summed E-state index contributed by atoms with van der Waals surface area (Å²) in [7, 11) is 0. The molecule has 1 nitrogen and oxygen atoms in total. The molecule has 0 aliphatic rings. The van der Waals surface area contributed by atoms with Gasteiger partial charge in [-0.3, -0.25) is 0 Å². The number of nitrogens with two attached hydrogens (primary N) is 1. The molecule has 0 aliphatic carbocycles. The zero-order valence-electron chi connectivity index (χ0n) is 9.24. The molecule has 1 atom stereocenters. The molecule has 0 fully saturated rings. The molecule has 0 aliphatic heterocycles. The molecular weight excluding hydrogens is 222 g/mol. The molecule has 1 aromatic carbocycles. The van der Waals surface area contributed by atoms with Crippen LogP contribution >= 0.6 is 0 Å². The van der Waals surface area contributed by atoms with Gasteiger partial charge in [0.1, 0.15) is 0 Å². The molecular formula is C11H13F4N. The number of benzene rings is 1. The highest BCUT2D eigenvalue weighted by atomic mass is 19.2. The Kier molecular flexibility index (Phi) is 3.28. The molecule has 0 saturated carbocycles. The van der Waals surface area contributed by atoms with E-state index in [4.69, 9.17) is 5.73 Å². The molecule has 1 rings (SSSR count). The molecule has 0 spiro atoms. The lowest BCUT2D eigenvalue weighted by molar-refractivity contribution is 0.301. The van der Waals surface area contributed by atoms with Gasteiger partial charge in [-0.15, -0.1) is 0 Å². The Bertz CT molecular complexity index is 383. The van der Waals surface area contributed by atoms with Crippen LogP contribution < -0.4 is 5.73 Å². The zero-order valence-corrected chi connectivity index (χ0v) is 9.24. The second-order valence-corrected chi connectivity index (χ2v) is 4.73. The summed E-state index contributed by atoms with van der Waals surface area (Å²) in [5.74, 6) is -5.73. The summed E-state index contributed by atoms with van der Waals surface area (Å²) in [5, 5.41) is 0. The standard InChI is InChI=1S/C11H13F4N/c1-11(2,3)10(16)7-8(14)5(12)4-6(13)9(7)15/h4,10H,16H2,1-3H3. The largest absolute Gasteiger partial charge is 0.323 e. The van der Waals surface area contributed by atoms with Crippen LogP contribution in [-0.4, -0.2) is 0 Å². The van der Waals surface area contributed by atoms with E-state index < -0.39 is 40.3 Å². The molecule has 0 heterocycles. The van der Waals surface area contributed by atoms with E-state index in [2.05, 4.69) is 0 Å². The van der Waals surface area contributed by atoms with Crippen molar-refractivity contribution in [3.8, 4) is 0 Å². The van der Waals surface area contributed by atoms with Crippen molar-refractivity contribution < 1.29 is 17.6 Å². The molecule has 0 aromatic heterocycles. The molecule has 5 heteroatoms. The lowest BCUT2D eigenvalue weighted by atomic mass is 9.82. The summed E-state index contributed by atoms with van der Waals surface area (Å²) in [6.45, 7) is 4.87. The fraction of sp³-hybridized carbons (Fsp3) is 0.455. The van der Waals surface area contributed by atoms with Gasteiger partial charge in [-0.2, -0.15) is 0 Å².